The van der Waals surface area contributed by atoms with Crippen molar-refractivity contribution in [3.05, 3.63) is 47.8 Å². The van der Waals surface area contributed by atoms with Crippen LogP contribution in [0.25, 0.3) is 33.4 Å². The van der Waals surface area contributed by atoms with E-state index < -0.39 is 0 Å². The molecule has 0 unspecified atom stereocenters. The number of benzene rings is 1. The first kappa shape index (κ1) is 19.8. The van der Waals surface area contributed by atoms with Crippen LogP contribution in [0.1, 0.15) is 25.0 Å². The summed E-state index contributed by atoms with van der Waals surface area (Å²) in [6.07, 6.45) is 4.77. The number of nitrogens with zero attached hydrogens (tertiary/aromatic N) is 5. The predicted molar refractivity (Wildman–Crippen MR) is 125 cm³/mol. The number of aryl methyl sites for hydroxylation is 3. The van der Waals surface area contributed by atoms with Crippen molar-refractivity contribution < 1.29 is 0 Å². The highest BCUT2D eigenvalue weighted by atomic mass is 15.3. The van der Waals surface area contributed by atoms with Gasteiger partial charge in [0.05, 0.1) is 16.9 Å². The fourth-order valence-electron chi connectivity index (χ4n) is 4.60. The molecule has 1 aliphatic rings. The van der Waals surface area contributed by atoms with Gasteiger partial charge < -0.3 is 10.2 Å². The zero-order valence-corrected chi connectivity index (χ0v) is 18.6. The molecule has 1 fully saturated rings. The molecule has 1 aromatic carbocycles. The molecule has 0 aliphatic carbocycles. The highest BCUT2D eigenvalue weighted by Gasteiger charge is 2.27. The lowest BCUT2D eigenvalue weighted by Crippen LogP contribution is -2.50. The van der Waals surface area contributed by atoms with Gasteiger partial charge in [-0.15, -0.1) is 0 Å². The van der Waals surface area contributed by atoms with Crippen LogP contribution in [-0.4, -0.2) is 50.6 Å². The van der Waals surface area contributed by atoms with Crippen molar-refractivity contribution in [3.63, 3.8) is 0 Å². The maximum atomic E-state index is 5.33. The van der Waals surface area contributed by atoms with Crippen molar-refractivity contribution in [1.29, 1.82) is 0 Å². The third-order valence-electron chi connectivity index (χ3n) is 6.33. The molecule has 0 bridgehead atoms. The molecule has 2 N–H and O–H groups in total. The summed E-state index contributed by atoms with van der Waals surface area (Å²) in [7, 11) is 1.96. The second-order valence-electron chi connectivity index (χ2n) is 8.42. The minimum atomic E-state index is 0.353. The molecule has 0 amide bonds. The highest BCUT2D eigenvalue weighted by molar-refractivity contribution is 6.00. The van der Waals surface area contributed by atoms with Gasteiger partial charge in [-0.1, -0.05) is 6.92 Å². The fraction of sp³-hybridized carbons (Fsp3) is 0.375. The van der Waals surface area contributed by atoms with Crippen LogP contribution in [0.2, 0.25) is 0 Å². The first-order valence-corrected chi connectivity index (χ1v) is 11.0. The van der Waals surface area contributed by atoms with E-state index in [1.165, 1.54) is 16.5 Å². The Balaban J connectivity index is 1.85. The lowest BCUT2D eigenvalue weighted by Gasteiger charge is -2.36. The lowest BCUT2D eigenvalue weighted by molar-refractivity contribution is 0.498. The summed E-state index contributed by atoms with van der Waals surface area (Å²) >= 11 is 0. The normalized spacial score (nSPS) is 16.9. The van der Waals surface area contributed by atoms with E-state index in [2.05, 4.69) is 59.4 Å². The van der Waals surface area contributed by atoms with Crippen molar-refractivity contribution in [1.82, 2.24) is 30.3 Å². The number of hydrogen-bond donors (Lipinski definition) is 2. The van der Waals surface area contributed by atoms with Gasteiger partial charge in [0, 0.05) is 61.6 Å². The first-order chi connectivity index (χ1) is 15.1. The Labute approximate surface area is 182 Å². The van der Waals surface area contributed by atoms with Crippen LogP contribution in [0.3, 0.4) is 0 Å². The summed E-state index contributed by atoms with van der Waals surface area (Å²) in [6.45, 7) is 9.48. The van der Waals surface area contributed by atoms with Crippen LogP contribution in [0.4, 0.5) is 5.82 Å². The van der Waals surface area contributed by atoms with E-state index in [1.807, 2.05) is 24.0 Å². The topological polar surface area (TPSA) is 74.7 Å². The van der Waals surface area contributed by atoms with Crippen LogP contribution in [-0.2, 0) is 13.5 Å². The Bertz CT molecular complexity index is 1220. The Hall–Kier alpha value is -3.19. The summed E-state index contributed by atoms with van der Waals surface area (Å²) in [4.78, 5) is 7.76. The quantitative estimate of drug-likeness (QED) is 0.532. The van der Waals surface area contributed by atoms with Crippen LogP contribution in [0.15, 0.2) is 36.7 Å². The zero-order valence-electron chi connectivity index (χ0n) is 18.6. The van der Waals surface area contributed by atoms with Crippen molar-refractivity contribution in [2.45, 2.75) is 33.2 Å². The van der Waals surface area contributed by atoms with Gasteiger partial charge in [0.2, 0.25) is 0 Å². The van der Waals surface area contributed by atoms with Gasteiger partial charge in [-0.05, 0) is 55.7 Å². The van der Waals surface area contributed by atoms with Crippen LogP contribution < -0.4 is 10.2 Å². The molecule has 160 valence electrons. The maximum Gasteiger partial charge on any atom is 0.139 e. The summed E-state index contributed by atoms with van der Waals surface area (Å²) in [5.41, 5.74) is 7.73. The molecule has 4 heterocycles. The molecule has 7 nitrogen and oxygen atoms in total. The number of aromatic amines is 1. The van der Waals surface area contributed by atoms with Crippen molar-refractivity contribution >= 4 is 16.7 Å². The molecule has 7 heteroatoms. The van der Waals surface area contributed by atoms with E-state index >= 15 is 0 Å². The molecule has 1 aliphatic heterocycles. The predicted octanol–water partition coefficient (Wildman–Crippen LogP) is 3.69. The van der Waals surface area contributed by atoms with E-state index in [0.29, 0.717) is 6.04 Å². The van der Waals surface area contributed by atoms with Gasteiger partial charge in [0.15, 0.2) is 0 Å². The largest absolute Gasteiger partial charge is 0.351 e. The number of pyridine rings is 1. The van der Waals surface area contributed by atoms with Crippen molar-refractivity contribution in [2.75, 3.05) is 24.5 Å². The molecule has 4 aromatic rings. The van der Waals surface area contributed by atoms with Gasteiger partial charge >= 0.3 is 0 Å². The van der Waals surface area contributed by atoms with E-state index in [0.717, 1.165) is 59.9 Å². The van der Waals surface area contributed by atoms with E-state index in [4.69, 9.17) is 10.1 Å². The molecule has 3 aromatic heterocycles. The third-order valence-corrected chi connectivity index (χ3v) is 6.33. The summed E-state index contributed by atoms with van der Waals surface area (Å²) < 4.78 is 1.86. The van der Waals surface area contributed by atoms with E-state index in [1.54, 1.807) is 6.20 Å². The standard InChI is InChI=1S/C24H29N7/c1-5-17-12-18-16(3)22(21-7-10-30(4)29-21)24(31-11-9-25-14-15(31)2)27-23(18)19(13-17)20-6-8-26-28-20/h6-8,10,12-13,15,25H,5,9,11,14H2,1-4H3,(H,26,28)/t15-/m1/s1. The smallest absolute Gasteiger partial charge is 0.139 e. The molecular weight excluding hydrogens is 386 g/mol. The minimum Gasteiger partial charge on any atom is -0.351 e. The van der Waals surface area contributed by atoms with Crippen LogP contribution in [0.5, 0.6) is 0 Å². The average molecular weight is 416 g/mol. The fourth-order valence-corrected chi connectivity index (χ4v) is 4.60. The first-order valence-electron chi connectivity index (χ1n) is 11.0. The number of fused-ring (bicyclic) bond motifs is 1. The summed E-state index contributed by atoms with van der Waals surface area (Å²) in [5.74, 6) is 1.02. The maximum absolute atomic E-state index is 5.33. The Morgan fingerprint density at radius 1 is 1.23 bits per heavy atom. The molecule has 1 atom stereocenters. The molecule has 31 heavy (non-hydrogen) atoms. The van der Waals surface area contributed by atoms with Crippen LogP contribution in [0, 0.1) is 6.92 Å². The van der Waals surface area contributed by atoms with Gasteiger partial charge in [-0.3, -0.25) is 9.78 Å². The molecular formula is C24H29N7. The monoisotopic (exact) mass is 415 g/mol. The number of piperazine rings is 1. The van der Waals surface area contributed by atoms with Crippen LogP contribution >= 0.6 is 0 Å². The van der Waals surface area contributed by atoms with Crippen molar-refractivity contribution in [3.8, 4) is 22.5 Å². The van der Waals surface area contributed by atoms with E-state index in [9.17, 15) is 0 Å². The highest BCUT2D eigenvalue weighted by Crippen LogP contribution is 2.40. The van der Waals surface area contributed by atoms with Gasteiger partial charge in [-0.2, -0.15) is 10.2 Å². The summed E-state index contributed by atoms with van der Waals surface area (Å²) in [5, 5.41) is 16.8. The number of nitrogens with one attached hydrogen (secondary N) is 2. The molecule has 1 saturated heterocycles. The summed E-state index contributed by atoms with van der Waals surface area (Å²) in [6, 6.07) is 8.99. The number of aromatic nitrogens is 5. The Morgan fingerprint density at radius 2 is 2.10 bits per heavy atom. The Kier molecular flexibility index (Phi) is 4.98. The minimum absolute atomic E-state index is 0.353. The molecule has 0 saturated carbocycles. The molecule has 5 rings (SSSR count). The second-order valence-corrected chi connectivity index (χ2v) is 8.42. The average Bonchev–Trinajstić information content (AvgIpc) is 3.45. The van der Waals surface area contributed by atoms with Gasteiger partial charge in [-0.25, -0.2) is 4.98 Å². The zero-order chi connectivity index (χ0) is 21.5. The number of H-pyrrole nitrogens is 1. The third kappa shape index (κ3) is 3.39. The molecule has 0 radical (unpaired) electrons. The Morgan fingerprint density at radius 3 is 2.77 bits per heavy atom. The van der Waals surface area contributed by atoms with Crippen molar-refractivity contribution in [2.24, 2.45) is 7.05 Å². The van der Waals surface area contributed by atoms with Gasteiger partial charge in [0.25, 0.3) is 0 Å². The van der Waals surface area contributed by atoms with E-state index in [-0.39, 0.29) is 0 Å². The lowest BCUT2D eigenvalue weighted by atomic mass is 9.94. The SMILES string of the molecule is CCc1cc(-c2ccn[nH]2)c2nc(N3CCNC[C@H]3C)c(-c3ccn(C)n3)c(C)c2c1. The molecule has 0 spiro atoms. The number of rotatable bonds is 4. The second kappa shape index (κ2) is 7.81. The van der Waals surface area contributed by atoms with Gasteiger partial charge in [0.1, 0.15) is 5.82 Å². The number of anilines is 1. The number of hydrogen-bond acceptors (Lipinski definition) is 5.